The monoisotopic (exact) mass is 253 g/mol. The summed E-state index contributed by atoms with van der Waals surface area (Å²) >= 11 is 1.14. The van der Waals surface area contributed by atoms with Crippen molar-refractivity contribution in [3.8, 4) is 0 Å². The van der Waals surface area contributed by atoms with E-state index in [9.17, 15) is 14.9 Å². The van der Waals surface area contributed by atoms with Crippen LogP contribution in [0.5, 0.6) is 0 Å². The zero-order chi connectivity index (χ0) is 12.4. The maximum absolute atomic E-state index is 10.7. The van der Waals surface area contributed by atoms with Crippen LogP contribution in [-0.4, -0.2) is 25.6 Å². The molecular weight excluding hydrogens is 246 g/mol. The van der Waals surface area contributed by atoms with Gasteiger partial charge in [0, 0.05) is 4.88 Å². The van der Waals surface area contributed by atoms with E-state index in [1.807, 2.05) is 0 Å². The summed E-state index contributed by atoms with van der Waals surface area (Å²) in [6, 6.07) is 3.19. The molecule has 0 aliphatic rings. The van der Waals surface area contributed by atoms with Gasteiger partial charge in [0.15, 0.2) is 0 Å². The van der Waals surface area contributed by atoms with Crippen molar-refractivity contribution >= 4 is 23.1 Å². The van der Waals surface area contributed by atoms with E-state index in [1.54, 1.807) is 6.07 Å². The first-order chi connectivity index (χ1) is 8.06. The van der Waals surface area contributed by atoms with Crippen molar-refractivity contribution in [2.45, 2.75) is 6.54 Å². The smallest absolute Gasteiger partial charge is 0.381 e. The molecule has 0 saturated heterocycles. The number of nitrogens with zero attached hydrogens (tertiary/aromatic N) is 3. The molecule has 0 amide bonds. The first-order valence-corrected chi connectivity index (χ1v) is 5.36. The number of carboxylic acids is 1. The third kappa shape index (κ3) is 2.48. The Morgan fingerprint density at radius 1 is 1.59 bits per heavy atom. The van der Waals surface area contributed by atoms with E-state index < -0.39 is 10.9 Å². The number of thiophene rings is 1. The first-order valence-electron chi connectivity index (χ1n) is 4.54. The normalized spacial score (nSPS) is 10.4. The van der Waals surface area contributed by atoms with Gasteiger partial charge < -0.3 is 19.8 Å². The quantitative estimate of drug-likeness (QED) is 0.659. The Morgan fingerprint density at radius 3 is 2.88 bits per heavy atom. The summed E-state index contributed by atoms with van der Waals surface area (Å²) in [5.74, 6) is -1.20. The number of imidazole rings is 1. The molecule has 8 heteroatoms. The maximum atomic E-state index is 10.7. The lowest BCUT2D eigenvalue weighted by Gasteiger charge is -1.95. The lowest BCUT2D eigenvalue weighted by atomic mass is 10.4. The van der Waals surface area contributed by atoms with Crippen LogP contribution in [0.15, 0.2) is 24.7 Å². The minimum absolute atomic E-state index is 0.222. The van der Waals surface area contributed by atoms with E-state index in [-0.39, 0.29) is 10.7 Å². The van der Waals surface area contributed by atoms with E-state index in [1.165, 1.54) is 23.2 Å². The van der Waals surface area contributed by atoms with Gasteiger partial charge in [0.1, 0.15) is 11.1 Å². The molecule has 17 heavy (non-hydrogen) atoms. The molecule has 2 aromatic rings. The van der Waals surface area contributed by atoms with Crippen molar-refractivity contribution in [3.63, 3.8) is 0 Å². The van der Waals surface area contributed by atoms with Crippen molar-refractivity contribution in [2.24, 2.45) is 0 Å². The summed E-state index contributed by atoms with van der Waals surface area (Å²) in [7, 11) is 0. The molecule has 2 heterocycles. The molecule has 0 spiro atoms. The second-order valence-electron chi connectivity index (χ2n) is 3.23. The number of hydrogen-bond donors (Lipinski definition) is 1. The largest absolute Gasteiger partial charge is 0.477 e. The van der Waals surface area contributed by atoms with Gasteiger partial charge in [0.2, 0.25) is 6.33 Å². The average molecular weight is 253 g/mol. The lowest BCUT2D eigenvalue weighted by Crippen LogP contribution is -1.94. The molecule has 0 aliphatic heterocycles. The first kappa shape index (κ1) is 11.3. The van der Waals surface area contributed by atoms with Crippen LogP contribution in [0.25, 0.3) is 0 Å². The molecule has 2 aromatic heterocycles. The number of aromatic carboxylic acids is 1. The van der Waals surface area contributed by atoms with Crippen LogP contribution >= 0.6 is 11.3 Å². The summed E-state index contributed by atoms with van der Waals surface area (Å²) in [5.41, 5.74) is 0. The molecule has 1 N–H and O–H groups in total. The van der Waals surface area contributed by atoms with Crippen LogP contribution in [0.1, 0.15) is 14.5 Å². The van der Waals surface area contributed by atoms with Crippen molar-refractivity contribution in [1.29, 1.82) is 0 Å². The van der Waals surface area contributed by atoms with Crippen LogP contribution in [0.2, 0.25) is 0 Å². The fourth-order valence-electron chi connectivity index (χ4n) is 1.29. The highest BCUT2D eigenvalue weighted by Crippen LogP contribution is 2.18. The predicted octanol–water partition coefficient (Wildman–Crippen LogP) is 1.60. The molecule has 0 saturated carbocycles. The molecule has 88 valence electrons. The van der Waals surface area contributed by atoms with Crippen molar-refractivity contribution in [3.05, 3.63) is 44.5 Å². The zero-order valence-electron chi connectivity index (χ0n) is 8.44. The number of nitro groups is 1. The fraction of sp³-hybridized carbons (Fsp3) is 0.111. The number of carbonyl (C=O) groups is 1. The van der Waals surface area contributed by atoms with Gasteiger partial charge in [-0.1, -0.05) is 0 Å². The van der Waals surface area contributed by atoms with Crippen LogP contribution in [-0.2, 0) is 6.54 Å². The predicted molar refractivity (Wildman–Crippen MR) is 59.3 cm³/mol. The van der Waals surface area contributed by atoms with Gasteiger partial charge in [-0.2, -0.15) is 0 Å². The van der Waals surface area contributed by atoms with Gasteiger partial charge in [0.25, 0.3) is 0 Å². The van der Waals surface area contributed by atoms with Crippen LogP contribution in [0.3, 0.4) is 0 Å². The fourth-order valence-corrected chi connectivity index (χ4v) is 2.14. The molecular formula is C9H7N3O4S. The number of rotatable bonds is 4. The highest BCUT2D eigenvalue weighted by atomic mass is 32.1. The summed E-state index contributed by atoms with van der Waals surface area (Å²) in [4.78, 5) is 25.2. The minimum Gasteiger partial charge on any atom is -0.477 e. The molecule has 0 fully saturated rings. The van der Waals surface area contributed by atoms with Crippen LogP contribution in [0.4, 0.5) is 5.82 Å². The molecule has 0 aliphatic carbocycles. The summed E-state index contributed by atoms with van der Waals surface area (Å²) in [5, 5.41) is 19.2. The second kappa shape index (κ2) is 4.34. The van der Waals surface area contributed by atoms with Crippen LogP contribution in [0, 0.1) is 10.1 Å². The minimum atomic E-state index is -0.974. The van der Waals surface area contributed by atoms with Gasteiger partial charge in [-0.15, -0.1) is 11.3 Å². The van der Waals surface area contributed by atoms with Crippen LogP contribution < -0.4 is 0 Å². The Hall–Kier alpha value is -2.22. The van der Waals surface area contributed by atoms with Gasteiger partial charge in [-0.05, 0) is 22.0 Å². The van der Waals surface area contributed by atoms with E-state index in [2.05, 4.69) is 4.98 Å². The summed E-state index contributed by atoms with van der Waals surface area (Å²) in [6.07, 6.45) is 2.65. The van der Waals surface area contributed by atoms with Gasteiger partial charge in [-0.25, -0.2) is 4.79 Å². The van der Waals surface area contributed by atoms with Gasteiger partial charge >= 0.3 is 11.8 Å². The second-order valence-corrected chi connectivity index (χ2v) is 4.40. The van der Waals surface area contributed by atoms with Crippen molar-refractivity contribution < 1.29 is 14.8 Å². The molecule has 0 radical (unpaired) electrons. The molecule has 0 atom stereocenters. The highest BCUT2D eigenvalue weighted by Gasteiger charge is 2.11. The van der Waals surface area contributed by atoms with Gasteiger partial charge in [0.05, 0.1) is 6.54 Å². The van der Waals surface area contributed by atoms with E-state index in [0.29, 0.717) is 6.54 Å². The number of aromatic nitrogens is 2. The average Bonchev–Trinajstić information content (AvgIpc) is 2.87. The standard InChI is InChI=1S/C9H7N3O4S/c13-9(14)7-2-1-6(17-7)3-11-4-8(10-5-11)12(15)16/h1-2,4-5H,3H2,(H,13,14). The molecule has 0 bridgehead atoms. The Morgan fingerprint density at radius 2 is 2.35 bits per heavy atom. The lowest BCUT2D eigenvalue weighted by molar-refractivity contribution is -0.389. The third-order valence-electron chi connectivity index (χ3n) is 2.02. The highest BCUT2D eigenvalue weighted by molar-refractivity contribution is 7.13. The SMILES string of the molecule is O=C(O)c1ccc(Cn2cnc([N+](=O)[O-])c2)s1. The molecule has 7 nitrogen and oxygen atoms in total. The summed E-state index contributed by atoms with van der Waals surface area (Å²) < 4.78 is 1.54. The maximum Gasteiger partial charge on any atom is 0.381 e. The van der Waals surface area contributed by atoms with Gasteiger partial charge in [-0.3, -0.25) is 0 Å². The molecule has 0 aromatic carbocycles. The topological polar surface area (TPSA) is 98.3 Å². The van der Waals surface area contributed by atoms with E-state index in [4.69, 9.17) is 5.11 Å². The number of carboxylic acid groups (broad SMARTS) is 1. The third-order valence-corrected chi connectivity index (χ3v) is 3.08. The molecule has 2 rings (SSSR count). The van der Waals surface area contributed by atoms with E-state index >= 15 is 0 Å². The zero-order valence-corrected chi connectivity index (χ0v) is 9.25. The Bertz CT molecular complexity index is 524. The Balaban J connectivity index is 2.13. The van der Waals surface area contributed by atoms with Crippen molar-refractivity contribution in [2.75, 3.05) is 0 Å². The Kier molecular flexibility index (Phi) is 2.88. The van der Waals surface area contributed by atoms with E-state index in [0.717, 1.165) is 16.2 Å². The Labute approximate surface area is 99.1 Å². The molecule has 0 unspecified atom stereocenters. The summed E-state index contributed by atoms with van der Waals surface area (Å²) in [6.45, 7) is 0.374. The number of hydrogen-bond acceptors (Lipinski definition) is 5. The van der Waals surface area contributed by atoms with Crippen molar-refractivity contribution in [1.82, 2.24) is 9.55 Å².